The van der Waals surface area contributed by atoms with Crippen molar-refractivity contribution in [1.29, 1.82) is 0 Å². The molecule has 8 rings (SSSR count). The molecule has 0 unspecified atom stereocenters. The summed E-state index contributed by atoms with van der Waals surface area (Å²) in [6.45, 7) is 4.40. The van der Waals surface area contributed by atoms with Crippen molar-refractivity contribution in [2.75, 3.05) is 0 Å². The van der Waals surface area contributed by atoms with Crippen LogP contribution in [0.25, 0.3) is 50.0 Å². The average molecular weight is 608 g/mol. The molecule has 0 bridgehead atoms. The number of hydrogen-bond acceptors (Lipinski definition) is 3. The standard InChI is InChI=1S/C41H29N5O/c1-42-39(45-40(29-16-7-3-8-17-29)43-27-28-14-5-2-6-15-28)31-20-13-21-32(26-31)46-36-23-12-11-22-33(36)34-24-25-35-38(37(34)46)47-41(44-35)30-18-9-4-10-19-30/h2-26H,1,27H2/b43-40-,45-39-. The summed E-state index contributed by atoms with van der Waals surface area (Å²) < 4.78 is 8.76. The van der Waals surface area contributed by atoms with E-state index in [0.29, 0.717) is 24.1 Å². The van der Waals surface area contributed by atoms with E-state index in [0.717, 1.165) is 60.8 Å². The van der Waals surface area contributed by atoms with Gasteiger partial charge in [-0.05, 0) is 54.7 Å². The average Bonchev–Trinajstić information content (AvgIpc) is 3.73. The first kappa shape index (κ1) is 28.1. The number of amidine groups is 2. The van der Waals surface area contributed by atoms with Crippen LogP contribution in [-0.4, -0.2) is 27.9 Å². The molecule has 224 valence electrons. The fraction of sp³-hybridized carbons (Fsp3) is 0.0244. The minimum atomic E-state index is 0.486. The van der Waals surface area contributed by atoms with Gasteiger partial charge < -0.3 is 8.98 Å². The molecule has 0 aliphatic carbocycles. The highest BCUT2D eigenvalue weighted by atomic mass is 16.3. The van der Waals surface area contributed by atoms with Crippen molar-refractivity contribution < 1.29 is 4.42 Å². The van der Waals surface area contributed by atoms with Crippen molar-refractivity contribution in [3.63, 3.8) is 0 Å². The lowest BCUT2D eigenvalue weighted by molar-refractivity contribution is 0.622. The Labute approximate surface area is 271 Å². The molecule has 6 aromatic carbocycles. The molecule has 0 saturated heterocycles. The van der Waals surface area contributed by atoms with Crippen LogP contribution in [0.2, 0.25) is 0 Å². The predicted octanol–water partition coefficient (Wildman–Crippen LogP) is 9.69. The largest absolute Gasteiger partial charge is 0.434 e. The molecular formula is C41H29N5O. The molecule has 2 heterocycles. The molecule has 0 saturated carbocycles. The second kappa shape index (κ2) is 12.2. The van der Waals surface area contributed by atoms with E-state index in [1.54, 1.807) is 0 Å². The van der Waals surface area contributed by atoms with Crippen molar-refractivity contribution in [2.45, 2.75) is 6.54 Å². The first-order chi connectivity index (χ1) is 23.3. The second-order valence-corrected chi connectivity index (χ2v) is 11.2. The minimum absolute atomic E-state index is 0.486. The van der Waals surface area contributed by atoms with Crippen molar-refractivity contribution in [3.05, 3.63) is 168 Å². The highest BCUT2D eigenvalue weighted by Crippen LogP contribution is 2.38. The summed E-state index contributed by atoms with van der Waals surface area (Å²) in [6.07, 6.45) is 0. The van der Waals surface area contributed by atoms with E-state index in [9.17, 15) is 0 Å². The number of aliphatic imine (C=N–C) groups is 3. The van der Waals surface area contributed by atoms with Crippen molar-refractivity contribution in [1.82, 2.24) is 9.55 Å². The second-order valence-electron chi connectivity index (χ2n) is 11.2. The summed E-state index contributed by atoms with van der Waals surface area (Å²) in [5, 5.41) is 2.21. The number of rotatable bonds is 6. The van der Waals surface area contributed by atoms with Gasteiger partial charge in [-0.2, -0.15) is 0 Å². The SMILES string of the molecule is C=N/C(=N\C(=N/Cc1ccccc1)c1ccccc1)c1cccc(-n2c3ccccc3c3ccc4nc(-c5ccccc5)oc4c32)c1. The van der Waals surface area contributed by atoms with E-state index in [1.807, 2.05) is 97.1 Å². The van der Waals surface area contributed by atoms with Gasteiger partial charge >= 0.3 is 0 Å². The van der Waals surface area contributed by atoms with Gasteiger partial charge in [-0.3, -0.25) is 4.99 Å². The molecule has 0 atom stereocenters. The van der Waals surface area contributed by atoms with Gasteiger partial charge in [0.05, 0.1) is 17.6 Å². The third-order valence-corrected chi connectivity index (χ3v) is 8.22. The number of oxazole rings is 1. The Balaban J connectivity index is 1.29. The van der Waals surface area contributed by atoms with E-state index in [1.165, 1.54) is 0 Å². The monoisotopic (exact) mass is 607 g/mol. The van der Waals surface area contributed by atoms with Crippen LogP contribution in [0.1, 0.15) is 16.7 Å². The normalized spacial score (nSPS) is 12.3. The van der Waals surface area contributed by atoms with E-state index >= 15 is 0 Å². The summed E-state index contributed by atoms with van der Waals surface area (Å²) >= 11 is 0. The maximum absolute atomic E-state index is 6.52. The molecule has 0 aliphatic heterocycles. The van der Waals surface area contributed by atoms with E-state index in [4.69, 9.17) is 19.4 Å². The molecule has 0 spiro atoms. The number of aromatic nitrogens is 2. The third-order valence-electron chi connectivity index (χ3n) is 8.22. The smallest absolute Gasteiger partial charge is 0.227 e. The van der Waals surface area contributed by atoms with Crippen LogP contribution in [0, 0.1) is 0 Å². The Kier molecular flexibility index (Phi) is 7.28. The maximum atomic E-state index is 6.52. The van der Waals surface area contributed by atoms with Gasteiger partial charge in [-0.15, -0.1) is 0 Å². The number of hydrogen-bond donors (Lipinski definition) is 0. The lowest BCUT2D eigenvalue weighted by atomic mass is 10.1. The Morgan fingerprint density at radius 2 is 1.36 bits per heavy atom. The van der Waals surface area contributed by atoms with Gasteiger partial charge in [-0.25, -0.2) is 15.0 Å². The number of benzene rings is 6. The molecule has 0 radical (unpaired) electrons. The zero-order valence-electron chi connectivity index (χ0n) is 25.5. The predicted molar refractivity (Wildman–Crippen MR) is 193 cm³/mol. The molecular weight excluding hydrogens is 578 g/mol. The molecule has 0 N–H and O–H groups in total. The third kappa shape index (κ3) is 5.32. The van der Waals surface area contributed by atoms with Crippen LogP contribution in [0.4, 0.5) is 0 Å². The van der Waals surface area contributed by atoms with Crippen LogP contribution in [0.5, 0.6) is 0 Å². The van der Waals surface area contributed by atoms with Crippen molar-refractivity contribution in [2.24, 2.45) is 15.0 Å². The zero-order valence-corrected chi connectivity index (χ0v) is 25.5. The summed E-state index contributed by atoms with van der Waals surface area (Å²) in [5.41, 5.74) is 8.25. The van der Waals surface area contributed by atoms with E-state index in [-0.39, 0.29) is 0 Å². The fourth-order valence-corrected chi connectivity index (χ4v) is 6.01. The van der Waals surface area contributed by atoms with Gasteiger partial charge in [0.1, 0.15) is 5.52 Å². The fourth-order valence-electron chi connectivity index (χ4n) is 6.01. The lowest BCUT2D eigenvalue weighted by Crippen LogP contribution is -2.06. The van der Waals surface area contributed by atoms with Gasteiger partial charge in [0.15, 0.2) is 17.3 Å². The van der Waals surface area contributed by atoms with Crippen LogP contribution in [-0.2, 0) is 6.54 Å². The van der Waals surface area contributed by atoms with E-state index < -0.39 is 0 Å². The molecule has 47 heavy (non-hydrogen) atoms. The molecule has 0 fully saturated rings. The van der Waals surface area contributed by atoms with Crippen molar-refractivity contribution >= 4 is 51.3 Å². The first-order valence-electron chi connectivity index (χ1n) is 15.4. The molecule has 8 aromatic rings. The summed E-state index contributed by atoms with van der Waals surface area (Å²) in [4.78, 5) is 19.1. The molecule has 2 aromatic heterocycles. The Bertz CT molecular complexity index is 2440. The lowest BCUT2D eigenvalue weighted by Gasteiger charge is -2.11. The number of para-hydroxylation sites is 1. The Morgan fingerprint density at radius 1 is 0.660 bits per heavy atom. The van der Waals surface area contributed by atoms with Gasteiger partial charge in [0.25, 0.3) is 0 Å². The molecule has 0 amide bonds. The van der Waals surface area contributed by atoms with Crippen LogP contribution in [0.3, 0.4) is 0 Å². The quantitative estimate of drug-likeness (QED) is 0.139. The van der Waals surface area contributed by atoms with Crippen LogP contribution in [0.15, 0.2) is 171 Å². The van der Waals surface area contributed by atoms with Gasteiger partial charge in [0, 0.05) is 33.2 Å². The highest BCUT2D eigenvalue weighted by Gasteiger charge is 2.20. The first-order valence-corrected chi connectivity index (χ1v) is 15.4. The summed E-state index contributed by atoms with van der Waals surface area (Å²) in [7, 11) is 0. The minimum Gasteiger partial charge on any atom is -0.434 e. The zero-order chi connectivity index (χ0) is 31.6. The van der Waals surface area contributed by atoms with E-state index in [2.05, 4.69) is 70.9 Å². The Morgan fingerprint density at radius 3 is 2.15 bits per heavy atom. The van der Waals surface area contributed by atoms with Gasteiger partial charge in [0.2, 0.25) is 5.89 Å². The molecule has 6 nitrogen and oxygen atoms in total. The molecule has 0 aliphatic rings. The Hall–Kier alpha value is -6.40. The van der Waals surface area contributed by atoms with Crippen molar-refractivity contribution in [3.8, 4) is 17.1 Å². The van der Waals surface area contributed by atoms with Crippen LogP contribution >= 0.6 is 0 Å². The number of nitrogens with zero attached hydrogens (tertiary/aromatic N) is 5. The summed E-state index contributed by atoms with van der Waals surface area (Å²) in [6, 6.07) is 50.9. The topological polar surface area (TPSA) is 68.0 Å². The maximum Gasteiger partial charge on any atom is 0.227 e. The van der Waals surface area contributed by atoms with Gasteiger partial charge in [-0.1, -0.05) is 109 Å². The van der Waals surface area contributed by atoms with Crippen LogP contribution < -0.4 is 0 Å². The highest BCUT2D eigenvalue weighted by molar-refractivity contribution is 6.17. The number of fused-ring (bicyclic) bond motifs is 5. The summed E-state index contributed by atoms with van der Waals surface area (Å²) in [5.74, 6) is 1.67. The molecule has 6 heteroatoms.